The summed E-state index contributed by atoms with van der Waals surface area (Å²) in [5.74, 6) is 0.584. The SMILES string of the molecule is Clc1cncc(C2=NCc3ccc(-c4cncc(C5CC5)n4)cc32)n1. The number of aromatic nitrogens is 4. The maximum absolute atomic E-state index is 5.98. The molecule has 0 N–H and O–H groups in total. The molecular weight excluding hydrogens is 334 g/mol. The van der Waals surface area contributed by atoms with E-state index in [4.69, 9.17) is 16.6 Å². The number of nitrogens with zero attached hydrogens (tertiary/aromatic N) is 5. The van der Waals surface area contributed by atoms with E-state index in [9.17, 15) is 0 Å². The number of aliphatic imine (C=N–C) groups is 1. The smallest absolute Gasteiger partial charge is 0.148 e. The molecule has 2 aromatic heterocycles. The van der Waals surface area contributed by atoms with Crippen LogP contribution in [0.2, 0.25) is 5.15 Å². The minimum Gasteiger partial charge on any atom is -0.278 e. The van der Waals surface area contributed by atoms with Crippen molar-refractivity contribution in [3.8, 4) is 11.3 Å². The minimum atomic E-state index is 0.368. The van der Waals surface area contributed by atoms with Gasteiger partial charge < -0.3 is 0 Å². The van der Waals surface area contributed by atoms with Gasteiger partial charge in [0.1, 0.15) is 10.8 Å². The molecular formula is C19H14ClN5. The number of hydrogen-bond donors (Lipinski definition) is 0. The number of fused-ring (bicyclic) bond motifs is 1. The molecule has 1 aromatic carbocycles. The fourth-order valence-corrected chi connectivity index (χ4v) is 3.26. The highest BCUT2D eigenvalue weighted by Crippen LogP contribution is 2.39. The summed E-state index contributed by atoms with van der Waals surface area (Å²) in [4.78, 5) is 22.3. The number of hydrogen-bond acceptors (Lipinski definition) is 5. The molecule has 0 atom stereocenters. The molecule has 0 radical (unpaired) electrons. The van der Waals surface area contributed by atoms with Crippen molar-refractivity contribution in [1.82, 2.24) is 19.9 Å². The first-order chi connectivity index (χ1) is 12.3. The molecule has 0 saturated heterocycles. The van der Waals surface area contributed by atoms with Crippen LogP contribution in [-0.4, -0.2) is 25.6 Å². The number of rotatable bonds is 3. The molecule has 6 heteroatoms. The standard InChI is InChI=1S/C19H14ClN5/c20-18-10-22-9-17(25-18)19-14-5-12(3-4-13(14)6-23-19)16-8-21-7-15(24-16)11-1-2-11/h3-5,7-11H,1-2,6H2. The predicted molar refractivity (Wildman–Crippen MR) is 95.8 cm³/mol. The molecule has 1 aliphatic heterocycles. The lowest BCUT2D eigenvalue weighted by atomic mass is 9.99. The molecule has 5 nitrogen and oxygen atoms in total. The predicted octanol–water partition coefficient (Wildman–Crippen LogP) is 3.82. The zero-order valence-corrected chi connectivity index (χ0v) is 14.1. The van der Waals surface area contributed by atoms with Crippen molar-refractivity contribution in [2.24, 2.45) is 4.99 Å². The Morgan fingerprint density at radius 2 is 1.76 bits per heavy atom. The first-order valence-corrected chi connectivity index (χ1v) is 8.64. The van der Waals surface area contributed by atoms with Crippen LogP contribution < -0.4 is 0 Å². The molecule has 1 fully saturated rings. The molecule has 122 valence electrons. The lowest BCUT2D eigenvalue weighted by molar-refractivity contribution is 0.992. The quantitative estimate of drug-likeness (QED) is 0.722. The molecule has 25 heavy (non-hydrogen) atoms. The maximum atomic E-state index is 5.98. The zero-order chi connectivity index (χ0) is 16.8. The van der Waals surface area contributed by atoms with Gasteiger partial charge in [-0.1, -0.05) is 23.7 Å². The normalized spacial score (nSPS) is 15.8. The summed E-state index contributed by atoms with van der Waals surface area (Å²) < 4.78 is 0. The molecule has 3 heterocycles. The lowest BCUT2D eigenvalue weighted by Gasteiger charge is -2.08. The largest absolute Gasteiger partial charge is 0.278 e. The van der Waals surface area contributed by atoms with Gasteiger partial charge in [-0.15, -0.1) is 0 Å². The van der Waals surface area contributed by atoms with Crippen LogP contribution in [0.5, 0.6) is 0 Å². The van der Waals surface area contributed by atoms with Crippen LogP contribution >= 0.6 is 11.6 Å². The summed E-state index contributed by atoms with van der Waals surface area (Å²) in [6.45, 7) is 0.646. The monoisotopic (exact) mass is 347 g/mol. The zero-order valence-electron chi connectivity index (χ0n) is 13.4. The van der Waals surface area contributed by atoms with Crippen LogP contribution in [0.4, 0.5) is 0 Å². The van der Waals surface area contributed by atoms with Crippen molar-refractivity contribution in [1.29, 1.82) is 0 Å². The minimum absolute atomic E-state index is 0.368. The van der Waals surface area contributed by atoms with Crippen LogP contribution in [0, 0.1) is 0 Å². The van der Waals surface area contributed by atoms with Crippen LogP contribution in [0.3, 0.4) is 0 Å². The Hall–Kier alpha value is -2.66. The summed E-state index contributed by atoms with van der Waals surface area (Å²) in [7, 11) is 0. The van der Waals surface area contributed by atoms with E-state index in [-0.39, 0.29) is 0 Å². The second-order valence-electron chi connectivity index (χ2n) is 6.37. The third-order valence-electron chi connectivity index (χ3n) is 4.56. The van der Waals surface area contributed by atoms with Crippen LogP contribution in [0.25, 0.3) is 11.3 Å². The highest BCUT2D eigenvalue weighted by molar-refractivity contribution is 6.29. The van der Waals surface area contributed by atoms with Crippen LogP contribution in [0.1, 0.15) is 41.3 Å². The molecule has 5 rings (SSSR count). The maximum Gasteiger partial charge on any atom is 0.148 e. The molecule has 0 bridgehead atoms. The Balaban J connectivity index is 1.56. The molecule has 1 saturated carbocycles. The van der Waals surface area contributed by atoms with E-state index < -0.39 is 0 Å². The van der Waals surface area contributed by atoms with Crippen LogP contribution in [-0.2, 0) is 6.54 Å². The van der Waals surface area contributed by atoms with Crippen molar-refractivity contribution in [3.05, 3.63) is 70.7 Å². The van der Waals surface area contributed by atoms with Gasteiger partial charge in [0.05, 0.1) is 42.2 Å². The fourth-order valence-electron chi connectivity index (χ4n) is 3.11. The summed E-state index contributed by atoms with van der Waals surface area (Å²) in [5, 5.41) is 0.368. The Morgan fingerprint density at radius 1 is 0.920 bits per heavy atom. The second-order valence-corrected chi connectivity index (χ2v) is 6.75. The molecule has 3 aromatic rings. The number of benzene rings is 1. The highest BCUT2D eigenvalue weighted by atomic mass is 35.5. The summed E-state index contributed by atoms with van der Waals surface area (Å²) >= 11 is 5.98. The van der Waals surface area contributed by atoms with E-state index in [1.165, 1.54) is 24.6 Å². The van der Waals surface area contributed by atoms with Crippen LogP contribution in [0.15, 0.2) is 48.0 Å². The van der Waals surface area contributed by atoms with Gasteiger partial charge in [0.2, 0.25) is 0 Å². The van der Waals surface area contributed by atoms with E-state index >= 15 is 0 Å². The van der Waals surface area contributed by atoms with Crippen molar-refractivity contribution >= 4 is 17.3 Å². The first-order valence-electron chi connectivity index (χ1n) is 8.26. The van der Waals surface area contributed by atoms with Gasteiger partial charge >= 0.3 is 0 Å². The Kier molecular flexibility index (Phi) is 3.35. The van der Waals surface area contributed by atoms with Gasteiger partial charge in [-0.2, -0.15) is 0 Å². The van der Waals surface area contributed by atoms with Gasteiger partial charge in [0.25, 0.3) is 0 Å². The molecule has 2 aliphatic rings. The number of halogens is 1. The van der Waals surface area contributed by atoms with E-state index in [0.717, 1.165) is 28.2 Å². The van der Waals surface area contributed by atoms with Crippen molar-refractivity contribution in [2.75, 3.05) is 0 Å². The first kappa shape index (κ1) is 14.7. The molecule has 0 spiro atoms. The molecule has 1 aliphatic carbocycles. The van der Waals surface area contributed by atoms with Gasteiger partial charge in [-0.05, 0) is 24.5 Å². The summed E-state index contributed by atoms with van der Waals surface area (Å²) in [5.41, 5.74) is 6.79. The highest BCUT2D eigenvalue weighted by Gasteiger charge is 2.26. The summed E-state index contributed by atoms with van der Waals surface area (Å²) in [6, 6.07) is 6.30. The van der Waals surface area contributed by atoms with Crippen molar-refractivity contribution in [2.45, 2.75) is 25.3 Å². The Bertz CT molecular complexity index is 1010. The molecule has 0 amide bonds. The topological polar surface area (TPSA) is 63.9 Å². The van der Waals surface area contributed by atoms with Gasteiger partial charge in [0, 0.05) is 23.2 Å². The molecule has 0 unspecified atom stereocenters. The van der Waals surface area contributed by atoms with Crippen molar-refractivity contribution in [3.63, 3.8) is 0 Å². The summed E-state index contributed by atoms with van der Waals surface area (Å²) in [6.07, 6.45) is 9.34. The Labute approximate surface area is 149 Å². The fraction of sp³-hybridized carbons (Fsp3) is 0.211. The van der Waals surface area contributed by atoms with E-state index in [2.05, 4.69) is 38.1 Å². The Morgan fingerprint density at radius 3 is 2.60 bits per heavy atom. The second kappa shape index (κ2) is 5.70. The van der Waals surface area contributed by atoms with Gasteiger partial charge in [-0.3, -0.25) is 15.0 Å². The van der Waals surface area contributed by atoms with Gasteiger partial charge in [0.15, 0.2) is 0 Å². The lowest BCUT2D eigenvalue weighted by Crippen LogP contribution is -2.05. The van der Waals surface area contributed by atoms with Crippen molar-refractivity contribution < 1.29 is 0 Å². The van der Waals surface area contributed by atoms with E-state index in [0.29, 0.717) is 23.3 Å². The third kappa shape index (κ3) is 2.70. The van der Waals surface area contributed by atoms with E-state index in [1.54, 1.807) is 6.20 Å². The average Bonchev–Trinajstić information content (AvgIpc) is 3.41. The van der Waals surface area contributed by atoms with E-state index in [1.807, 2.05) is 12.4 Å². The third-order valence-corrected chi connectivity index (χ3v) is 4.75. The average molecular weight is 348 g/mol. The van der Waals surface area contributed by atoms with Gasteiger partial charge in [-0.25, -0.2) is 9.97 Å².